The van der Waals surface area contributed by atoms with E-state index in [-0.39, 0.29) is 0 Å². The molecule has 0 radical (unpaired) electrons. The van der Waals surface area contributed by atoms with E-state index in [2.05, 4.69) is 0 Å². The number of benzene rings is 1. The van der Waals surface area contributed by atoms with E-state index in [1.165, 1.54) is 0 Å². The largest absolute Gasteiger partial charge is 0.387 e. The van der Waals surface area contributed by atoms with Crippen molar-refractivity contribution in [1.29, 1.82) is 0 Å². The Kier molecular flexibility index (Phi) is 3.74. The molecule has 0 heterocycles. The van der Waals surface area contributed by atoms with Crippen molar-refractivity contribution in [3.05, 3.63) is 30.3 Å². The van der Waals surface area contributed by atoms with Crippen molar-refractivity contribution in [3.8, 4) is 0 Å². The van der Waals surface area contributed by atoms with Gasteiger partial charge in [0, 0.05) is 0 Å². The van der Waals surface area contributed by atoms with Crippen LogP contribution in [0.15, 0.2) is 0 Å². The lowest BCUT2D eigenvalue weighted by Gasteiger charge is -2.09. The summed E-state index contributed by atoms with van der Waals surface area (Å²) in [5, 5.41) is 34.3. The Morgan fingerprint density at radius 3 is 1.43 bits per heavy atom. The van der Waals surface area contributed by atoms with Crippen molar-refractivity contribution in [2.75, 3.05) is 16.8 Å². The van der Waals surface area contributed by atoms with Gasteiger partial charge in [0.25, 0.3) is 0 Å². The minimum atomic E-state index is -1.38. The van der Waals surface area contributed by atoms with Gasteiger partial charge in [0.2, 0.25) is 5.69 Å². The fourth-order valence-electron chi connectivity index (χ4n) is 1.57. The van der Waals surface area contributed by atoms with Crippen LogP contribution in [0.1, 0.15) is 0 Å². The van der Waals surface area contributed by atoms with Crippen molar-refractivity contribution in [3.63, 3.8) is 0 Å². The zero-order valence-corrected chi connectivity index (χ0v) is 9.93. The number of hydrogen-bond acceptors (Lipinski definition) is 9. The summed E-state index contributed by atoms with van der Waals surface area (Å²) in [6.07, 6.45) is 0. The molecule has 0 aliphatic carbocycles. The summed E-state index contributed by atoms with van der Waals surface area (Å²) in [7, 11) is 0. The van der Waals surface area contributed by atoms with Crippen LogP contribution in [-0.4, -0.2) is 20.8 Å². The number of nitrogens with one attached hydrogen (secondary N) is 1. The number of anilines is 3. The molecule has 0 atom stereocenters. The van der Waals surface area contributed by atoms with Gasteiger partial charge in [-0.2, -0.15) is 0 Å². The SMILES string of the molecule is NC(=O)Nc1c([N+](=O)[O-])c(N)c([N+](=O)[O-])c(N)c1[N+](=O)[O-]. The van der Waals surface area contributed by atoms with Crippen LogP contribution in [0.5, 0.6) is 0 Å². The first-order valence-corrected chi connectivity index (χ1v) is 4.84. The third-order valence-corrected chi connectivity index (χ3v) is 2.29. The average Bonchev–Trinajstić information content (AvgIpc) is 2.25. The molecule has 1 rings (SSSR count). The normalized spacial score (nSPS) is 9.90. The summed E-state index contributed by atoms with van der Waals surface area (Å²) in [5.74, 6) is 0. The van der Waals surface area contributed by atoms with E-state index in [0.29, 0.717) is 0 Å². The van der Waals surface area contributed by atoms with E-state index in [0.717, 1.165) is 0 Å². The van der Waals surface area contributed by atoms with Crippen molar-refractivity contribution >= 4 is 40.2 Å². The van der Waals surface area contributed by atoms with Crippen LogP contribution in [0.2, 0.25) is 0 Å². The Hall–Kier alpha value is -3.71. The molecule has 0 aromatic heterocycles. The van der Waals surface area contributed by atoms with Gasteiger partial charge >= 0.3 is 23.1 Å². The van der Waals surface area contributed by atoms with E-state index >= 15 is 0 Å². The van der Waals surface area contributed by atoms with Crippen LogP contribution in [0.25, 0.3) is 0 Å². The number of carbonyl (C=O) groups is 1. The lowest BCUT2D eigenvalue weighted by molar-refractivity contribution is -0.399. The minimum absolute atomic E-state index is 1.03. The average molecular weight is 301 g/mol. The second kappa shape index (κ2) is 5.11. The van der Waals surface area contributed by atoms with E-state index in [4.69, 9.17) is 17.2 Å². The number of nitrogens with zero attached hydrogens (tertiary/aromatic N) is 3. The quantitative estimate of drug-likeness (QED) is 0.333. The Morgan fingerprint density at radius 1 is 0.857 bits per heavy atom. The molecule has 7 N–H and O–H groups in total. The lowest BCUT2D eigenvalue weighted by atomic mass is 10.1. The van der Waals surface area contributed by atoms with Gasteiger partial charge in [0.15, 0.2) is 11.4 Å². The number of nitrogen functional groups attached to an aromatic ring is 2. The first-order valence-electron chi connectivity index (χ1n) is 4.84. The van der Waals surface area contributed by atoms with Gasteiger partial charge in [0.05, 0.1) is 14.8 Å². The molecule has 0 bridgehead atoms. The molecule has 0 spiro atoms. The monoisotopic (exact) mass is 301 g/mol. The number of urea groups is 1. The van der Waals surface area contributed by atoms with Gasteiger partial charge in [0.1, 0.15) is 0 Å². The summed E-state index contributed by atoms with van der Waals surface area (Å²) < 4.78 is 0. The van der Waals surface area contributed by atoms with Gasteiger partial charge in [-0.05, 0) is 0 Å². The number of nitro groups is 3. The third-order valence-electron chi connectivity index (χ3n) is 2.29. The number of amides is 2. The lowest BCUT2D eigenvalue weighted by Crippen LogP contribution is -2.22. The maximum absolute atomic E-state index is 10.9. The molecule has 2 amide bonds. The summed E-state index contributed by atoms with van der Waals surface area (Å²) >= 11 is 0. The second-order valence-corrected chi connectivity index (χ2v) is 3.51. The molecule has 1 aromatic carbocycles. The molecule has 0 saturated carbocycles. The van der Waals surface area contributed by atoms with Crippen LogP contribution in [0.3, 0.4) is 0 Å². The van der Waals surface area contributed by atoms with E-state index in [1.807, 2.05) is 0 Å². The van der Waals surface area contributed by atoms with E-state index < -0.39 is 54.9 Å². The number of rotatable bonds is 4. The number of nitro benzene ring substituents is 3. The van der Waals surface area contributed by atoms with Gasteiger partial charge in [-0.3, -0.25) is 35.7 Å². The number of hydrogen-bond donors (Lipinski definition) is 4. The third kappa shape index (κ3) is 2.53. The van der Waals surface area contributed by atoms with Crippen molar-refractivity contribution in [2.24, 2.45) is 5.73 Å². The van der Waals surface area contributed by atoms with Crippen LogP contribution in [0, 0.1) is 30.3 Å². The highest BCUT2D eigenvalue weighted by atomic mass is 16.6. The molecule has 112 valence electrons. The predicted octanol–water partition coefficient (Wildman–Crippen LogP) is 0.0662. The summed E-state index contributed by atoms with van der Waals surface area (Å²) in [6, 6.07) is -1.38. The van der Waals surface area contributed by atoms with Crippen molar-refractivity contribution in [2.45, 2.75) is 0 Å². The number of carbonyl (C=O) groups excluding carboxylic acids is 1. The Bertz CT molecular complexity index is 643. The standard InChI is InChI=1S/C7H7N7O7/c8-1-4(12(16)17)2(9)6(14(20)21)3(11-7(10)15)5(1)13(18)19/h8-9H2,(H3,10,11,15). The van der Waals surface area contributed by atoms with Gasteiger partial charge in [-0.1, -0.05) is 0 Å². The fraction of sp³-hybridized carbons (Fsp3) is 0. The summed E-state index contributed by atoms with van der Waals surface area (Å²) in [5.41, 5.74) is 8.44. The van der Waals surface area contributed by atoms with Crippen LogP contribution in [0.4, 0.5) is 38.9 Å². The second-order valence-electron chi connectivity index (χ2n) is 3.51. The highest BCUT2D eigenvalue weighted by molar-refractivity contribution is 6.04. The minimum Gasteiger partial charge on any atom is -0.387 e. The Morgan fingerprint density at radius 2 is 1.19 bits per heavy atom. The topological polar surface area (TPSA) is 237 Å². The van der Waals surface area contributed by atoms with Crippen LogP contribution < -0.4 is 22.5 Å². The van der Waals surface area contributed by atoms with Crippen LogP contribution in [-0.2, 0) is 0 Å². The molecule has 14 nitrogen and oxygen atoms in total. The van der Waals surface area contributed by atoms with Crippen LogP contribution >= 0.6 is 0 Å². The highest BCUT2D eigenvalue weighted by Crippen LogP contribution is 2.49. The maximum atomic E-state index is 10.9. The first-order chi connectivity index (χ1) is 9.59. The highest BCUT2D eigenvalue weighted by Gasteiger charge is 2.40. The Balaban J connectivity index is 4.00. The number of primary amides is 1. The summed E-state index contributed by atoms with van der Waals surface area (Å²) in [6.45, 7) is 0. The smallest absolute Gasteiger partial charge is 0.329 e. The summed E-state index contributed by atoms with van der Waals surface area (Å²) in [4.78, 5) is 39.8. The Labute approximate surface area is 113 Å². The first kappa shape index (κ1) is 15.3. The molecule has 0 saturated heterocycles. The molecule has 0 unspecified atom stereocenters. The number of nitrogens with two attached hydrogens (primary N) is 3. The predicted molar refractivity (Wildman–Crippen MR) is 68.4 cm³/mol. The van der Waals surface area contributed by atoms with Crippen molar-refractivity contribution < 1.29 is 19.6 Å². The van der Waals surface area contributed by atoms with Gasteiger partial charge in [-0.25, -0.2) is 4.79 Å². The zero-order chi connectivity index (χ0) is 16.5. The molecule has 14 heteroatoms. The molecular weight excluding hydrogens is 294 g/mol. The molecular formula is C7H7N7O7. The zero-order valence-electron chi connectivity index (χ0n) is 9.93. The molecule has 0 fully saturated rings. The van der Waals surface area contributed by atoms with E-state index in [9.17, 15) is 35.1 Å². The molecule has 0 aliphatic rings. The van der Waals surface area contributed by atoms with E-state index in [1.54, 1.807) is 5.32 Å². The van der Waals surface area contributed by atoms with Gasteiger partial charge < -0.3 is 17.2 Å². The molecule has 21 heavy (non-hydrogen) atoms. The molecule has 0 aliphatic heterocycles. The molecule has 1 aromatic rings. The van der Waals surface area contributed by atoms with Crippen molar-refractivity contribution in [1.82, 2.24) is 0 Å². The fourth-order valence-corrected chi connectivity index (χ4v) is 1.57. The van der Waals surface area contributed by atoms with Gasteiger partial charge in [-0.15, -0.1) is 0 Å². The maximum Gasteiger partial charge on any atom is 0.329 e.